The van der Waals surface area contributed by atoms with E-state index in [4.69, 9.17) is 27.9 Å². The van der Waals surface area contributed by atoms with Crippen molar-refractivity contribution in [2.45, 2.75) is 6.92 Å². The predicted molar refractivity (Wildman–Crippen MR) is 107 cm³/mol. The molecule has 2 N–H and O–H groups in total. The molecule has 0 saturated heterocycles. The summed E-state index contributed by atoms with van der Waals surface area (Å²) in [5.41, 5.74) is 1.64. The Morgan fingerprint density at radius 2 is 1.86 bits per heavy atom. The number of aryl methyl sites for hydroxylation is 1. The SMILES string of the molecule is Cc1c[nH]c(=O)n1-c1ccc(C(=O)OCC(=O)Nc2cccc(Cl)c2Cl)cc1. The highest BCUT2D eigenvalue weighted by molar-refractivity contribution is 6.44. The minimum absolute atomic E-state index is 0.203. The number of halogens is 2. The molecule has 0 spiro atoms. The summed E-state index contributed by atoms with van der Waals surface area (Å²) in [6.45, 7) is 1.30. The van der Waals surface area contributed by atoms with E-state index in [9.17, 15) is 14.4 Å². The summed E-state index contributed by atoms with van der Waals surface area (Å²) >= 11 is 11.9. The van der Waals surface area contributed by atoms with Crippen molar-refractivity contribution in [3.8, 4) is 5.69 Å². The van der Waals surface area contributed by atoms with Crippen LogP contribution in [-0.2, 0) is 9.53 Å². The molecular weight excluding hydrogens is 405 g/mol. The van der Waals surface area contributed by atoms with E-state index < -0.39 is 18.5 Å². The summed E-state index contributed by atoms with van der Waals surface area (Å²) in [6.07, 6.45) is 1.59. The maximum atomic E-state index is 12.1. The number of imidazole rings is 1. The fraction of sp³-hybridized carbons (Fsp3) is 0.105. The van der Waals surface area contributed by atoms with Crippen LogP contribution in [0.1, 0.15) is 16.1 Å². The zero-order valence-electron chi connectivity index (χ0n) is 14.7. The van der Waals surface area contributed by atoms with Gasteiger partial charge in [0, 0.05) is 11.9 Å². The Bertz CT molecular complexity index is 1090. The lowest BCUT2D eigenvalue weighted by molar-refractivity contribution is -0.119. The van der Waals surface area contributed by atoms with Gasteiger partial charge >= 0.3 is 11.7 Å². The first-order chi connectivity index (χ1) is 13.4. The molecule has 1 amide bonds. The Balaban J connectivity index is 1.61. The highest BCUT2D eigenvalue weighted by atomic mass is 35.5. The third-order valence-electron chi connectivity index (χ3n) is 3.88. The molecule has 2 aromatic carbocycles. The van der Waals surface area contributed by atoms with Crippen LogP contribution < -0.4 is 11.0 Å². The highest BCUT2D eigenvalue weighted by Crippen LogP contribution is 2.29. The molecule has 144 valence electrons. The number of H-pyrrole nitrogens is 1. The van der Waals surface area contributed by atoms with Crippen LogP contribution in [-0.4, -0.2) is 28.0 Å². The summed E-state index contributed by atoms with van der Waals surface area (Å²) < 4.78 is 6.48. The van der Waals surface area contributed by atoms with Crippen molar-refractivity contribution in [2.24, 2.45) is 0 Å². The van der Waals surface area contributed by atoms with Gasteiger partial charge in [-0.1, -0.05) is 29.3 Å². The van der Waals surface area contributed by atoms with E-state index in [0.717, 1.165) is 5.69 Å². The molecule has 0 fully saturated rings. The molecule has 0 saturated carbocycles. The van der Waals surface area contributed by atoms with Gasteiger partial charge in [0.25, 0.3) is 5.91 Å². The second kappa shape index (κ2) is 8.33. The van der Waals surface area contributed by atoms with E-state index in [1.54, 1.807) is 43.5 Å². The number of hydrogen-bond donors (Lipinski definition) is 2. The first-order valence-electron chi connectivity index (χ1n) is 8.15. The van der Waals surface area contributed by atoms with Crippen molar-refractivity contribution in [2.75, 3.05) is 11.9 Å². The lowest BCUT2D eigenvalue weighted by Gasteiger charge is -2.09. The Kier molecular flexibility index (Phi) is 5.87. The number of hydrogen-bond acceptors (Lipinski definition) is 4. The van der Waals surface area contributed by atoms with Gasteiger partial charge in [0.1, 0.15) is 0 Å². The van der Waals surface area contributed by atoms with E-state index in [2.05, 4.69) is 10.3 Å². The number of nitrogens with zero attached hydrogens (tertiary/aromatic N) is 1. The van der Waals surface area contributed by atoms with Crippen LogP contribution in [0.2, 0.25) is 10.0 Å². The van der Waals surface area contributed by atoms with Crippen molar-refractivity contribution in [1.29, 1.82) is 0 Å². The number of carbonyl (C=O) groups is 2. The Hall–Kier alpha value is -3.03. The molecule has 0 bridgehead atoms. The normalized spacial score (nSPS) is 10.5. The van der Waals surface area contributed by atoms with Gasteiger partial charge in [0.2, 0.25) is 0 Å². The third kappa shape index (κ3) is 4.27. The summed E-state index contributed by atoms with van der Waals surface area (Å²) in [7, 11) is 0. The fourth-order valence-corrected chi connectivity index (χ4v) is 2.87. The molecule has 0 aliphatic rings. The zero-order chi connectivity index (χ0) is 20.3. The summed E-state index contributed by atoms with van der Waals surface area (Å²) in [4.78, 5) is 38.5. The predicted octanol–water partition coefficient (Wildman–Crippen LogP) is 3.58. The van der Waals surface area contributed by atoms with E-state index >= 15 is 0 Å². The van der Waals surface area contributed by atoms with Crippen LogP contribution in [0.4, 0.5) is 5.69 Å². The van der Waals surface area contributed by atoms with Crippen LogP contribution in [0.25, 0.3) is 5.69 Å². The van der Waals surface area contributed by atoms with Gasteiger partial charge in [-0.05, 0) is 43.3 Å². The van der Waals surface area contributed by atoms with Crippen molar-refractivity contribution >= 4 is 40.8 Å². The number of aromatic nitrogens is 2. The molecular formula is C19H15Cl2N3O4. The topological polar surface area (TPSA) is 93.2 Å². The quantitative estimate of drug-likeness (QED) is 0.618. The highest BCUT2D eigenvalue weighted by Gasteiger charge is 2.13. The number of amides is 1. The summed E-state index contributed by atoms with van der Waals surface area (Å²) in [6, 6.07) is 11.1. The standard InChI is InChI=1S/C19H15Cl2N3O4/c1-11-9-22-19(27)24(11)13-7-5-12(6-8-13)18(26)28-10-16(25)23-15-4-2-3-14(20)17(15)21/h2-9H,10H2,1H3,(H,22,27)(H,23,25). The van der Waals surface area contributed by atoms with Crippen molar-refractivity contribution < 1.29 is 14.3 Å². The van der Waals surface area contributed by atoms with Crippen LogP contribution in [0, 0.1) is 6.92 Å². The van der Waals surface area contributed by atoms with E-state index in [1.165, 1.54) is 16.7 Å². The van der Waals surface area contributed by atoms with Gasteiger partial charge in [0.05, 0.1) is 27.0 Å². The summed E-state index contributed by atoms with van der Waals surface area (Å²) in [5.74, 6) is -1.22. The third-order valence-corrected chi connectivity index (χ3v) is 4.70. The van der Waals surface area contributed by atoms with Gasteiger partial charge in [-0.2, -0.15) is 0 Å². The first-order valence-corrected chi connectivity index (χ1v) is 8.91. The number of ether oxygens (including phenoxy) is 1. The zero-order valence-corrected chi connectivity index (χ0v) is 16.2. The maximum absolute atomic E-state index is 12.1. The Morgan fingerprint density at radius 3 is 2.50 bits per heavy atom. The van der Waals surface area contributed by atoms with Crippen molar-refractivity contribution in [3.63, 3.8) is 0 Å². The molecule has 0 aliphatic heterocycles. The molecule has 3 aromatic rings. The number of carbonyl (C=O) groups excluding carboxylic acids is 2. The number of esters is 1. The average molecular weight is 420 g/mol. The number of benzene rings is 2. The number of rotatable bonds is 5. The largest absolute Gasteiger partial charge is 0.452 e. The van der Waals surface area contributed by atoms with Gasteiger partial charge in [0.15, 0.2) is 6.61 Å². The second-order valence-electron chi connectivity index (χ2n) is 5.84. The molecule has 9 heteroatoms. The Labute approximate surface area is 169 Å². The van der Waals surface area contributed by atoms with Gasteiger partial charge in [-0.15, -0.1) is 0 Å². The number of nitrogens with one attached hydrogen (secondary N) is 2. The number of aromatic amines is 1. The molecule has 0 atom stereocenters. The van der Waals surface area contributed by atoms with Crippen molar-refractivity contribution in [1.82, 2.24) is 9.55 Å². The van der Waals surface area contributed by atoms with E-state index in [0.29, 0.717) is 16.4 Å². The Morgan fingerprint density at radius 1 is 1.14 bits per heavy atom. The van der Waals surface area contributed by atoms with Crippen LogP contribution in [0.15, 0.2) is 53.5 Å². The van der Waals surface area contributed by atoms with Crippen molar-refractivity contribution in [3.05, 3.63) is 80.4 Å². The van der Waals surface area contributed by atoms with Crippen LogP contribution in [0.5, 0.6) is 0 Å². The summed E-state index contributed by atoms with van der Waals surface area (Å²) in [5, 5.41) is 3.03. The minimum atomic E-state index is -0.669. The van der Waals surface area contributed by atoms with Gasteiger partial charge in [-0.25, -0.2) is 9.59 Å². The minimum Gasteiger partial charge on any atom is -0.452 e. The molecule has 28 heavy (non-hydrogen) atoms. The maximum Gasteiger partial charge on any atom is 0.338 e. The first kappa shape index (κ1) is 19.7. The lowest BCUT2D eigenvalue weighted by Crippen LogP contribution is -2.21. The fourth-order valence-electron chi connectivity index (χ4n) is 2.52. The molecule has 3 rings (SSSR count). The molecule has 1 aromatic heterocycles. The van der Waals surface area contributed by atoms with E-state index in [1.807, 2.05) is 0 Å². The molecule has 1 heterocycles. The lowest BCUT2D eigenvalue weighted by atomic mass is 10.2. The van der Waals surface area contributed by atoms with Crippen LogP contribution in [0.3, 0.4) is 0 Å². The van der Waals surface area contributed by atoms with Crippen LogP contribution >= 0.6 is 23.2 Å². The second-order valence-corrected chi connectivity index (χ2v) is 6.63. The molecule has 0 radical (unpaired) electrons. The van der Waals surface area contributed by atoms with E-state index in [-0.39, 0.29) is 16.3 Å². The van der Waals surface area contributed by atoms with Gasteiger partial charge < -0.3 is 15.0 Å². The average Bonchev–Trinajstić information content (AvgIpc) is 3.02. The van der Waals surface area contributed by atoms with Gasteiger partial charge in [-0.3, -0.25) is 9.36 Å². The molecule has 0 unspecified atom stereocenters. The molecule has 7 nitrogen and oxygen atoms in total. The number of anilines is 1. The smallest absolute Gasteiger partial charge is 0.338 e. The monoisotopic (exact) mass is 419 g/mol. The molecule has 0 aliphatic carbocycles.